The van der Waals surface area contributed by atoms with Gasteiger partial charge in [-0.2, -0.15) is 30.3 Å². The van der Waals surface area contributed by atoms with Gasteiger partial charge < -0.3 is 0 Å². The molecular formula is C14H22F5NO5S2. The number of piperidine rings is 1. The second-order valence-electron chi connectivity index (χ2n) is 7.10. The molecule has 2 fully saturated rings. The van der Waals surface area contributed by atoms with Gasteiger partial charge in [0.15, 0.2) is 0 Å². The Morgan fingerprint density at radius 2 is 1.48 bits per heavy atom. The van der Waals surface area contributed by atoms with Gasteiger partial charge in [-0.25, -0.2) is 12.8 Å². The zero-order chi connectivity index (χ0) is 20.9. The molecule has 1 aliphatic heterocycles. The Labute approximate surface area is 154 Å². The predicted octanol–water partition coefficient (Wildman–Crippen LogP) is 3.02. The molecule has 0 bridgehead atoms. The van der Waals surface area contributed by atoms with Crippen LogP contribution in [0.5, 0.6) is 0 Å². The van der Waals surface area contributed by atoms with Crippen LogP contribution in [0, 0.1) is 11.8 Å². The Morgan fingerprint density at radius 3 is 1.96 bits per heavy atom. The third kappa shape index (κ3) is 3.38. The van der Waals surface area contributed by atoms with Crippen molar-refractivity contribution in [2.24, 2.45) is 11.8 Å². The lowest BCUT2D eigenvalue weighted by atomic mass is 9.76. The Bertz CT molecular complexity index is 773. The van der Waals surface area contributed by atoms with E-state index in [1.807, 2.05) is 0 Å². The van der Waals surface area contributed by atoms with E-state index in [4.69, 9.17) is 4.55 Å². The molecule has 0 radical (unpaired) electrons. The molecule has 3 unspecified atom stereocenters. The van der Waals surface area contributed by atoms with Gasteiger partial charge >= 0.3 is 21.3 Å². The maximum atomic E-state index is 15.1. The van der Waals surface area contributed by atoms with Gasteiger partial charge in [0.25, 0.3) is 15.0 Å². The summed E-state index contributed by atoms with van der Waals surface area (Å²) in [5.74, 6) is -6.25. The van der Waals surface area contributed by atoms with Crippen molar-refractivity contribution in [3.8, 4) is 0 Å². The number of hydrogen-bond donors (Lipinski definition) is 1. The average molecular weight is 443 g/mol. The van der Waals surface area contributed by atoms with Crippen LogP contribution >= 0.6 is 0 Å². The summed E-state index contributed by atoms with van der Waals surface area (Å²) in [6, 6.07) is 0. The smallest absolute Gasteiger partial charge is 0.281 e. The minimum absolute atomic E-state index is 0.153. The first kappa shape index (κ1) is 22.8. The first-order chi connectivity index (χ1) is 12.1. The number of rotatable bonds is 6. The van der Waals surface area contributed by atoms with Gasteiger partial charge in [0.1, 0.15) is 0 Å². The zero-order valence-electron chi connectivity index (χ0n) is 14.5. The Morgan fingerprint density at radius 1 is 0.963 bits per heavy atom. The molecule has 1 aliphatic carbocycles. The molecule has 160 valence electrons. The van der Waals surface area contributed by atoms with Crippen LogP contribution in [0.4, 0.5) is 22.0 Å². The summed E-state index contributed by atoms with van der Waals surface area (Å²) in [7, 11) is -12.4. The summed E-state index contributed by atoms with van der Waals surface area (Å²) in [4.78, 5) is 0. The summed E-state index contributed by atoms with van der Waals surface area (Å²) in [6.07, 6.45) is 1.82. The summed E-state index contributed by atoms with van der Waals surface area (Å²) in [6.45, 7) is -0.00617. The van der Waals surface area contributed by atoms with Crippen molar-refractivity contribution in [1.82, 2.24) is 4.31 Å². The van der Waals surface area contributed by atoms with Gasteiger partial charge in [-0.15, -0.1) is 0 Å². The molecule has 27 heavy (non-hydrogen) atoms. The molecule has 2 aliphatic rings. The van der Waals surface area contributed by atoms with Crippen molar-refractivity contribution in [3.63, 3.8) is 0 Å². The summed E-state index contributed by atoms with van der Waals surface area (Å²) < 4.78 is 126. The highest BCUT2D eigenvalue weighted by Crippen LogP contribution is 2.52. The molecule has 2 rings (SSSR count). The van der Waals surface area contributed by atoms with Crippen molar-refractivity contribution in [1.29, 1.82) is 0 Å². The fourth-order valence-electron chi connectivity index (χ4n) is 3.94. The van der Waals surface area contributed by atoms with Gasteiger partial charge in [-0.1, -0.05) is 26.2 Å². The highest BCUT2D eigenvalue weighted by Gasteiger charge is 2.80. The predicted molar refractivity (Wildman–Crippen MR) is 86.1 cm³/mol. The van der Waals surface area contributed by atoms with E-state index in [0.717, 1.165) is 19.3 Å². The standard InChI is InChI=1S/C14H22F5NO5S2/c1-2-12(15,13(16,17)14(18,19)27(23,24)25)26(21,22)20-8-7-10-5-3-4-6-11(10)9-20/h10-11H,2-9H2,1H3,(H,23,24,25). The fraction of sp³-hybridized carbons (Fsp3) is 1.00. The molecule has 0 aromatic carbocycles. The number of fused-ring (bicyclic) bond motifs is 1. The first-order valence-corrected chi connectivity index (χ1v) is 11.4. The molecule has 0 aromatic rings. The van der Waals surface area contributed by atoms with Gasteiger partial charge in [0.2, 0.25) is 0 Å². The summed E-state index contributed by atoms with van der Waals surface area (Å²) >= 11 is 0. The molecule has 3 atom stereocenters. The molecule has 1 heterocycles. The SMILES string of the molecule is CCC(F)(C(F)(F)C(F)(F)S(=O)(=O)O)S(=O)(=O)N1CCC2CCCCC2C1. The van der Waals surface area contributed by atoms with E-state index >= 15 is 4.39 Å². The van der Waals surface area contributed by atoms with E-state index in [9.17, 15) is 34.4 Å². The van der Waals surface area contributed by atoms with Crippen LogP contribution in [0.2, 0.25) is 0 Å². The van der Waals surface area contributed by atoms with Crippen molar-refractivity contribution in [2.45, 2.75) is 61.6 Å². The van der Waals surface area contributed by atoms with E-state index in [0.29, 0.717) is 17.6 Å². The van der Waals surface area contributed by atoms with E-state index in [1.165, 1.54) is 0 Å². The lowest BCUT2D eigenvalue weighted by Gasteiger charge is -2.44. The van der Waals surface area contributed by atoms with E-state index in [1.54, 1.807) is 0 Å². The Kier molecular flexibility index (Phi) is 5.95. The maximum absolute atomic E-state index is 15.1. The molecule has 6 nitrogen and oxygen atoms in total. The Balaban J connectivity index is 2.44. The van der Waals surface area contributed by atoms with Crippen molar-refractivity contribution in [2.75, 3.05) is 13.1 Å². The molecular weight excluding hydrogens is 421 g/mol. The van der Waals surface area contributed by atoms with E-state index in [-0.39, 0.29) is 31.3 Å². The van der Waals surface area contributed by atoms with Crippen LogP contribution in [0.15, 0.2) is 0 Å². The third-order valence-corrected chi connectivity index (χ3v) is 8.89. The van der Waals surface area contributed by atoms with Crippen LogP contribution in [0.1, 0.15) is 45.4 Å². The number of hydrogen-bond acceptors (Lipinski definition) is 4. The maximum Gasteiger partial charge on any atom is 0.436 e. The fourth-order valence-corrected chi connectivity index (χ4v) is 6.45. The molecule has 0 amide bonds. The van der Waals surface area contributed by atoms with Crippen molar-refractivity contribution in [3.05, 3.63) is 0 Å². The van der Waals surface area contributed by atoms with Gasteiger partial charge in [0, 0.05) is 19.5 Å². The topological polar surface area (TPSA) is 91.7 Å². The van der Waals surface area contributed by atoms with Crippen molar-refractivity contribution >= 4 is 20.1 Å². The Hall–Kier alpha value is -0.530. The minimum Gasteiger partial charge on any atom is -0.281 e. The van der Waals surface area contributed by atoms with Gasteiger partial charge in [-0.3, -0.25) is 4.55 Å². The van der Waals surface area contributed by atoms with E-state index in [2.05, 4.69) is 0 Å². The lowest BCUT2D eigenvalue weighted by Crippen LogP contribution is -2.65. The van der Waals surface area contributed by atoms with Crippen LogP contribution in [-0.2, 0) is 20.1 Å². The van der Waals surface area contributed by atoms with Crippen LogP contribution < -0.4 is 0 Å². The number of nitrogens with zero attached hydrogens (tertiary/aromatic N) is 1. The second kappa shape index (κ2) is 7.06. The molecule has 1 N–H and O–H groups in total. The van der Waals surface area contributed by atoms with E-state index < -0.39 is 42.7 Å². The van der Waals surface area contributed by atoms with Gasteiger partial charge in [0.05, 0.1) is 0 Å². The molecule has 0 spiro atoms. The first-order valence-electron chi connectivity index (χ1n) is 8.54. The molecule has 13 heteroatoms. The normalized spacial score (nSPS) is 28.4. The average Bonchev–Trinajstić information content (AvgIpc) is 2.58. The number of sulfonamides is 1. The highest BCUT2D eigenvalue weighted by molar-refractivity contribution is 7.90. The summed E-state index contributed by atoms with van der Waals surface area (Å²) in [5, 5.41) is -11.2. The highest BCUT2D eigenvalue weighted by atomic mass is 32.2. The minimum atomic E-state index is -6.77. The number of alkyl halides is 5. The van der Waals surface area contributed by atoms with Crippen LogP contribution in [0.25, 0.3) is 0 Å². The molecule has 0 aromatic heterocycles. The molecule has 1 saturated heterocycles. The van der Waals surface area contributed by atoms with Crippen molar-refractivity contribution < 1.29 is 43.3 Å². The van der Waals surface area contributed by atoms with Gasteiger partial charge in [-0.05, 0) is 24.7 Å². The molecule has 1 saturated carbocycles. The quantitative estimate of drug-likeness (QED) is 0.503. The lowest BCUT2D eigenvalue weighted by molar-refractivity contribution is -0.212. The summed E-state index contributed by atoms with van der Waals surface area (Å²) in [5.41, 5.74) is 0. The van der Waals surface area contributed by atoms with Crippen LogP contribution in [0.3, 0.4) is 0 Å². The second-order valence-corrected chi connectivity index (χ2v) is 10.7. The number of halogens is 5. The zero-order valence-corrected chi connectivity index (χ0v) is 16.2. The third-order valence-electron chi connectivity index (χ3n) is 5.62. The largest absolute Gasteiger partial charge is 0.436 e. The van der Waals surface area contributed by atoms with Crippen LogP contribution in [-0.4, -0.2) is 55.0 Å². The monoisotopic (exact) mass is 443 g/mol.